The van der Waals surface area contributed by atoms with Crippen LogP contribution in [0.25, 0.3) is 0 Å². The maximum Gasteiger partial charge on any atom is 0.0878 e. The van der Waals surface area contributed by atoms with Crippen LogP contribution >= 0.6 is 0 Å². The lowest BCUT2D eigenvalue weighted by Gasteiger charge is -2.33. The summed E-state index contributed by atoms with van der Waals surface area (Å²) >= 11 is 0. The van der Waals surface area contributed by atoms with Crippen molar-refractivity contribution in [1.82, 2.24) is 0 Å². The van der Waals surface area contributed by atoms with E-state index >= 15 is 0 Å². The van der Waals surface area contributed by atoms with Crippen molar-refractivity contribution in [3.63, 3.8) is 0 Å². The second-order valence-corrected chi connectivity index (χ2v) is 6.15. The van der Waals surface area contributed by atoms with E-state index in [2.05, 4.69) is 27.7 Å². The lowest BCUT2D eigenvalue weighted by atomic mass is 9.84. The fourth-order valence-electron chi connectivity index (χ4n) is 2.37. The van der Waals surface area contributed by atoms with Crippen LogP contribution in [0.2, 0.25) is 0 Å². The Morgan fingerprint density at radius 2 is 1.53 bits per heavy atom. The first-order valence-electron chi connectivity index (χ1n) is 7.14. The molecule has 0 aromatic carbocycles. The SMILES string of the molecule is CCCCCCCCC(O)C(OC)C(C)(C)C. The lowest BCUT2D eigenvalue weighted by molar-refractivity contribution is -0.0738. The Labute approximate surface area is 108 Å². The number of methoxy groups -OCH3 is 1. The van der Waals surface area contributed by atoms with Gasteiger partial charge in [-0.3, -0.25) is 0 Å². The van der Waals surface area contributed by atoms with E-state index in [9.17, 15) is 5.11 Å². The standard InChI is InChI=1S/C15H32O2/c1-6-7-8-9-10-11-12-13(16)14(17-5)15(2,3)4/h13-14,16H,6-12H2,1-5H3. The molecule has 0 radical (unpaired) electrons. The molecule has 0 aliphatic rings. The van der Waals surface area contributed by atoms with Gasteiger partial charge in [0.1, 0.15) is 0 Å². The highest BCUT2D eigenvalue weighted by molar-refractivity contribution is 4.80. The summed E-state index contributed by atoms with van der Waals surface area (Å²) in [7, 11) is 1.69. The zero-order valence-corrected chi connectivity index (χ0v) is 12.5. The number of ether oxygens (including phenoxy) is 1. The van der Waals surface area contributed by atoms with Gasteiger partial charge < -0.3 is 9.84 Å². The number of hydrogen-bond acceptors (Lipinski definition) is 2. The molecule has 2 atom stereocenters. The monoisotopic (exact) mass is 244 g/mol. The molecule has 17 heavy (non-hydrogen) atoms. The minimum atomic E-state index is -0.328. The highest BCUT2D eigenvalue weighted by atomic mass is 16.5. The Balaban J connectivity index is 3.73. The van der Waals surface area contributed by atoms with Gasteiger partial charge in [0.25, 0.3) is 0 Å². The van der Waals surface area contributed by atoms with Crippen LogP contribution < -0.4 is 0 Å². The van der Waals surface area contributed by atoms with Gasteiger partial charge in [-0.05, 0) is 11.8 Å². The summed E-state index contributed by atoms with van der Waals surface area (Å²) in [5.74, 6) is 0. The summed E-state index contributed by atoms with van der Waals surface area (Å²) in [6.07, 6.45) is 8.08. The molecule has 0 aliphatic carbocycles. The minimum Gasteiger partial charge on any atom is -0.390 e. The number of aliphatic hydroxyl groups excluding tert-OH is 1. The second kappa shape index (κ2) is 8.93. The van der Waals surface area contributed by atoms with Crippen LogP contribution in [0.15, 0.2) is 0 Å². The summed E-state index contributed by atoms with van der Waals surface area (Å²) in [5.41, 5.74) is 0.0103. The molecule has 0 bridgehead atoms. The maximum atomic E-state index is 10.1. The first kappa shape index (κ1) is 16.9. The molecule has 0 saturated heterocycles. The molecular weight excluding hydrogens is 212 g/mol. The number of aliphatic hydroxyl groups is 1. The first-order valence-corrected chi connectivity index (χ1v) is 7.14. The average molecular weight is 244 g/mol. The molecule has 0 aromatic rings. The average Bonchev–Trinajstić information content (AvgIpc) is 2.22. The van der Waals surface area contributed by atoms with E-state index in [-0.39, 0.29) is 17.6 Å². The first-order chi connectivity index (χ1) is 7.93. The minimum absolute atomic E-state index is 0.0103. The Bertz CT molecular complexity index is 172. The van der Waals surface area contributed by atoms with Crippen LogP contribution in [-0.2, 0) is 4.74 Å². The molecule has 2 nitrogen and oxygen atoms in total. The van der Waals surface area contributed by atoms with Crippen molar-refractivity contribution in [2.24, 2.45) is 5.41 Å². The zero-order chi connectivity index (χ0) is 13.3. The molecule has 0 heterocycles. The zero-order valence-electron chi connectivity index (χ0n) is 12.5. The van der Waals surface area contributed by atoms with Gasteiger partial charge in [0.2, 0.25) is 0 Å². The summed E-state index contributed by atoms with van der Waals surface area (Å²) < 4.78 is 5.42. The fraction of sp³-hybridized carbons (Fsp3) is 1.00. The van der Waals surface area contributed by atoms with Crippen LogP contribution in [0.1, 0.15) is 72.6 Å². The molecule has 0 spiro atoms. The van der Waals surface area contributed by atoms with E-state index in [4.69, 9.17) is 4.74 Å². The van der Waals surface area contributed by atoms with Crippen molar-refractivity contribution in [1.29, 1.82) is 0 Å². The fourth-order valence-corrected chi connectivity index (χ4v) is 2.37. The summed E-state index contributed by atoms with van der Waals surface area (Å²) in [4.78, 5) is 0. The van der Waals surface area contributed by atoms with Gasteiger partial charge in [0, 0.05) is 7.11 Å². The van der Waals surface area contributed by atoms with Crippen molar-refractivity contribution in [3.05, 3.63) is 0 Å². The molecule has 2 unspecified atom stereocenters. The van der Waals surface area contributed by atoms with Crippen LogP contribution in [0.3, 0.4) is 0 Å². The third kappa shape index (κ3) is 7.77. The molecule has 0 rings (SSSR count). The van der Waals surface area contributed by atoms with Gasteiger partial charge in [-0.25, -0.2) is 0 Å². The molecule has 0 amide bonds. The molecule has 104 valence electrons. The summed E-state index contributed by atoms with van der Waals surface area (Å²) in [6, 6.07) is 0. The molecule has 0 aliphatic heterocycles. The predicted octanol–water partition coefficient (Wildman–Crippen LogP) is 4.16. The van der Waals surface area contributed by atoms with Crippen molar-refractivity contribution < 1.29 is 9.84 Å². The van der Waals surface area contributed by atoms with E-state index in [1.54, 1.807) is 7.11 Å². The third-order valence-corrected chi connectivity index (χ3v) is 3.31. The molecule has 0 fully saturated rings. The van der Waals surface area contributed by atoms with E-state index < -0.39 is 0 Å². The quantitative estimate of drug-likeness (QED) is 0.617. The van der Waals surface area contributed by atoms with Gasteiger partial charge in [0.15, 0.2) is 0 Å². The molecule has 0 saturated carbocycles. The Kier molecular flexibility index (Phi) is 8.89. The largest absolute Gasteiger partial charge is 0.390 e. The molecule has 0 aromatic heterocycles. The highest BCUT2D eigenvalue weighted by Crippen LogP contribution is 2.26. The van der Waals surface area contributed by atoms with E-state index in [0.717, 1.165) is 12.8 Å². The van der Waals surface area contributed by atoms with Gasteiger partial charge in [0.05, 0.1) is 12.2 Å². The Hall–Kier alpha value is -0.0800. The topological polar surface area (TPSA) is 29.5 Å². The third-order valence-electron chi connectivity index (χ3n) is 3.31. The van der Waals surface area contributed by atoms with Crippen molar-refractivity contribution >= 4 is 0 Å². The second-order valence-electron chi connectivity index (χ2n) is 6.15. The van der Waals surface area contributed by atoms with E-state index in [1.807, 2.05) is 0 Å². The van der Waals surface area contributed by atoms with E-state index in [0.29, 0.717) is 0 Å². The smallest absolute Gasteiger partial charge is 0.0878 e. The summed E-state index contributed by atoms with van der Waals surface area (Å²) in [6.45, 7) is 8.58. The van der Waals surface area contributed by atoms with Crippen molar-refractivity contribution in [2.45, 2.75) is 84.8 Å². The normalized spacial score (nSPS) is 15.9. The van der Waals surface area contributed by atoms with Crippen LogP contribution in [0, 0.1) is 5.41 Å². The molecular formula is C15H32O2. The molecule has 2 heteroatoms. The lowest BCUT2D eigenvalue weighted by Crippen LogP contribution is -2.39. The van der Waals surface area contributed by atoms with Crippen molar-refractivity contribution in [3.8, 4) is 0 Å². The van der Waals surface area contributed by atoms with E-state index in [1.165, 1.54) is 32.1 Å². The van der Waals surface area contributed by atoms with Crippen LogP contribution in [0.4, 0.5) is 0 Å². The van der Waals surface area contributed by atoms with Gasteiger partial charge in [-0.2, -0.15) is 0 Å². The predicted molar refractivity (Wildman–Crippen MR) is 74.3 cm³/mol. The van der Waals surface area contributed by atoms with Crippen molar-refractivity contribution in [2.75, 3.05) is 7.11 Å². The van der Waals surface area contributed by atoms with Gasteiger partial charge in [-0.15, -0.1) is 0 Å². The van der Waals surface area contributed by atoms with Crippen LogP contribution in [-0.4, -0.2) is 24.4 Å². The van der Waals surface area contributed by atoms with Gasteiger partial charge in [-0.1, -0.05) is 66.2 Å². The number of rotatable bonds is 9. The number of hydrogen-bond donors (Lipinski definition) is 1. The maximum absolute atomic E-state index is 10.1. The Morgan fingerprint density at radius 3 is 2.00 bits per heavy atom. The van der Waals surface area contributed by atoms with Gasteiger partial charge >= 0.3 is 0 Å². The number of unbranched alkanes of at least 4 members (excludes halogenated alkanes) is 5. The molecule has 1 N–H and O–H groups in total. The Morgan fingerprint density at radius 1 is 1.00 bits per heavy atom. The highest BCUT2D eigenvalue weighted by Gasteiger charge is 2.30. The summed E-state index contributed by atoms with van der Waals surface area (Å²) in [5, 5.41) is 10.1. The van der Waals surface area contributed by atoms with Crippen LogP contribution in [0.5, 0.6) is 0 Å².